The van der Waals surface area contributed by atoms with Crippen LogP contribution >= 0.6 is 0 Å². The van der Waals surface area contributed by atoms with E-state index in [9.17, 15) is 0 Å². The Balaban J connectivity index is 2.22. The Morgan fingerprint density at radius 2 is 2.08 bits per heavy atom. The van der Waals surface area contributed by atoms with Gasteiger partial charge < -0.3 is 9.94 Å². The standard InChI is InChI=1S/C10H21NO2/c1-3-8-13-9-4-6-10(2,11-12)7-5-9/h9,11-12H,3-8H2,1-2H3. The van der Waals surface area contributed by atoms with Crippen molar-refractivity contribution >= 4 is 0 Å². The van der Waals surface area contributed by atoms with Crippen LogP contribution in [0.3, 0.4) is 0 Å². The Kier molecular flexibility index (Phi) is 4.16. The van der Waals surface area contributed by atoms with Gasteiger partial charge in [-0.2, -0.15) is 5.48 Å². The zero-order chi connectivity index (χ0) is 9.73. The number of hydrogen-bond acceptors (Lipinski definition) is 3. The van der Waals surface area contributed by atoms with Crippen LogP contribution in [0.5, 0.6) is 0 Å². The SMILES string of the molecule is CCCOC1CCC(C)(NO)CC1. The predicted octanol–water partition coefficient (Wildman–Crippen LogP) is 2.09. The minimum absolute atomic E-state index is 0.0773. The Morgan fingerprint density at radius 3 is 2.54 bits per heavy atom. The molecular formula is C10H21NO2. The van der Waals surface area contributed by atoms with Crippen LogP contribution in [0.2, 0.25) is 0 Å². The van der Waals surface area contributed by atoms with Crippen LogP contribution in [0, 0.1) is 0 Å². The van der Waals surface area contributed by atoms with Crippen LogP contribution in [-0.4, -0.2) is 23.5 Å². The smallest absolute Gasteiger partial charge is 0.0576 e. The number of nitrogens with one attached hydrogen (secondary N) is 1. The first-order valence-corrected chi connectivity index (χ1v) is 5.23. The molecule has 3 heteroatoms. The molecule has 0 aromatic rings. The first-order chi connectivity index (χ1) is 6.20. The molecule has 3 nitrogen and oxygen atoms in total. The van der Waals surface area contributed by atoms with Crippen LogP contribution in [0.1, 0.15) is 46.0 Å². The highest BCUT2D eigenvalue weighted by molar-refractivity contribution is 4.86. The van der Waals surface area contributed by atoms with Gasteiger partial charge in [0.2, 0.25) is 0 Å². The Bertz CT molecular complexity index is 142. The molecule has 1 fully saturated rings. The van der Waals surface area contributed by atoms with Crippen molar-refractivity contribution in [2.75, 3.05) is 6.61 Å². The van der Waals surface area contributed by atoms with E-state index in [2.05, 4.69) is 19.3 Å². The second-order valence-electron chi connectivity index (χ2n) is 4.24. The third-order valence-electron chi connectivity index (χ3n) is 2.86. The second kappa shape index (κ2) is 4.94. The van der Waals surface area contributed by atoms with Gasteiger partial charge in [-0.05, 0) is 39.0 Å². The lowest BCUT2D eigenvalue weighted by Crippen LogP contribution is -2.44. The van der Waals surface area contributed by atoms with Crippen molar-refractivity contribution in [2.45, 2.75) is 57.6 Å². The van der Waals surface area contributed by atoms with Crippen molar-refractivity contribution in [3.05, 3.63) is 0 Å². The summed E-state index contributed by atoms with van der Waals surface area (Å²) in [5, 5.41) is 8.92. The van der Waals surface area contributed by atoms with Gasteiger partial charge >= 0.3 is 0 Å². The predicted molar refractivity (Wildman–Crippen MR) is 51.8 cm³/mol. The molecular weight excluding hydrogens is 166 g/mol. The van der Waals surface area contributed by atoms with E-state index < -0.39 is 0 Å². The minimum Gasteiger partial charge on any atom is -0.378 e. The van der Waals surface area contributed by atoms with E-state index in [0.717, 1.165) is 38.7 Å². The van der Waals surface area contributed by atoms with Gasteiger partial charge in [0.15, 0.2) is 0 Å². The Morgan fingerprint density at radius 1 is 1.46 bits per heavy atom. The number of hydrogen-bond donors (Lipinski definition) is 2. The van der Waals surface area contributed by atoms with Crippen LogP contribution in [0.25, 0.3) is 0 Å². The molecule has 78 valence electrons. The van der Waals surface area contributed by atoms with Gasteiger partial charge in [0.1, 0.15) is 0 Å². The summed E-state index contributed by atoms with van der Waals surface area (Å²) in [6, 6.07) is 0. The van der Waals surface area contributed by atoms with Gasteiger partial charge in [-0.3, -0.25) is 0 Å². The summed E-state index contributed by atoms with van der Waals surface area (Å²) < 4.78 is 5.66. The molecule has 1 aliphatic carbocycles. The zero-order valence-electron chi connectivity index (χ0n) is 8.68. The minimum atomic E-state index is -0.0773. The van der Waals surface area contributed by atoms with Crippen LogP contribution in [0.4, 0.5) is 0 Å². The molecule has 0 bridgehead atoms. The van der Waals surface area contributed by atoms with Crippen molar-refractivity contribution in [1.29, 1.82) is 0 Å². The molecule has 0 aromatic heterocycles. The molecule has 0 radical (unpaired) electrons. The number of rotatable bonds is 4. The molecule has 0 amide bonds. The lowest BCUT2D eigenvalue weighted by atomic mass is 9.82. The first-order valence-electron chi connectivity index (χ1n) is 5.23. The molecule has 1 saturated carbocycles. The van der Waals surface area contributed by atoms with Crippen LogP contribution in [0.15, 0.2) is 0 Å². The lowest BCUT2D eigenvalue weighted by Gasteiger charge is -2.35. The molecule has 0 unspecified atom stereocenters. The summed E-state index contributed by atoms with van der Waals surface area (Å²) in [6.45, 7) is 5.05. The molecule has 0 aromatic carbocycles. The largest absolute Gasteiger partial charge is 0.378 e. The van der Waals surface area contributed by atoms with E-state index in [1.54, 1.807) is 0 Å². The topological polar surface area (TPSA) is 41.5 Å². The maximum absolute atomic E-state index is 8.92. The zero-order valence-corrected chi connectivity index (χ0v) is 8.68. The van der Waals surface area contributed by atoms with Gasteiger partial charge in [-0.15, -0.1) is 0 Å². The Hall–Kier alpha value is -0.120. The van der Waals surface area contributed by atoms with Crippen molar-refractivity contribution in [3.8, 4) is 0 Å². The summed E-state index contributed by atoms with van der Waals surface area (Å²) in [5.41, 5.74) is 2.32. The van der Waals surface area contributed by atoms with E-state index in [1.165, 1.54) is 0 Å². The Labute approximate surface area is 80.4 Å². The molecule has 0 saturated heterocycles. The van der Waals surface area contributed by atoms with Crippen LogP contribution < -0.4 is 5.48 Å². The fourth-order valence-electron chi connectivity index (χ4n) is 1.79. The molecule has 0 heterocycles. The van der Waals surface area contributed by atoms with E-state index in [1.807, 2.05) is 0 Å². The van der Waals surface area contributed by atoms with Gasteiger partial charge in [-0.1, -0.05) is 6.92 Å². The average molecular weight is 187 g/mol. The summed E-state index contributed by atoms with van der Waals surface area (Å²) in [4.78, 5) is 0. The quantitative estimate of drug-likeness (QED) is 0.662. The van der Waals surface area contributed by atoms with Crippen molar-refractivity contribution in [2.24, 2.45) is 0 Å². The highest BCUT2D eigenvalue weighted by Crippen LogP contribution is 2.29. The normalized spacial score (nSPS) is 34.8. The van der Waals surface area contributed by atoms with E-state index in [-0.39, 0.29) is 5.54 Å². The van der Waals surface area contributed by atoms with E-state index in [0.29, 0.717) is 6.10 Å². The highest BCUT2D eigenvalue weighted by Gasteiger charge is 2.30. The second-order valence-corrected chi connectivity index (χ2v) is 4.24. The molecule has 13 heavy (non-hydrogen) atoms. The average Bonchev–Trinajstić information content (AvgIpc) is 2.17. The van der Waals surface area contributed by atoms with Gasteiger partial charge in [0.25, 0.3) is 0 Å². The van der Waals surface area contributed by atoms with Crippen molar-refractivity contribution in [3.63, 3.8) is 0 Å². The maximum Gasteiger partial charge on any atom is 0.0576 e. The summed E-state index contributed by atoms with van der Waals surface area (Å²) >= 11 is 0. The maximum atomic E-state index is 8.92. The fraction of sp³-hybridized carbons (Fsp3) is 1.00. The molecule has 1 aliphatic rings. The summed E-state index contributed by atoms with van der Waals surface area (Å²) in [5.74, 6) is 0. The molecule has 0 aliphatic heterocycles. The fourth-order valence-corrected chi connectivity index (χ4v) is 1.79. The summed E-state index contributed by atoms with van der Waals surface area (Å²) in [7, 11) is 0. The number of ether oxygens (including phenoxy) is 1. The van der Waals surface area contributed by atoms with E-state index >= 15 is 0 Å². The van der Waals surface area contributed by atoms with Crippen LogP contribution in [-0.2, 0) is 4.74 Å². The number of hydroxylamine groups is 1. The molecule has 2 N–H and O–H groups in total. The summed E-state index contributed by atoms with van der Waals surface area (Å²) in [6.07, 6.45) is 5.62. The third-order valence-corrected chi connectivity index (χ3v) is 2.86. The first kappa shape index (κ1) is 11.0. The van der Waals surface area contributed by atoms with Gasteiger partial charge in [-0.25, -0.2) is 0 Å². The van der Waals surface area contributed by atoms with E-state index in [4.69, 9.17) is 9.94 Å². The molecule has 0 atom stereocenters. The van der Waals surface area contributed by atoms with Gasteiger partial charge in [0, 0.05) is 12.1 Å². The van der Waals surface area contributed by atoms with Crippen molar-refractivity contribution in [1.82, 2.24) is 5.48 Å². The molecule has 1 rings (SSSR count). The highest BCUT2D eigenvalue weighted by atomic mass is 16.5. The molecule has 0 spiro atoms. The third kappa shape index (κ3) is 3.25. The van der Waals surface area contributed by atoms with Crippen molar-refractivity contribution < 1.29 is 9.94 Å². The lowest BCUT2D eigenvalue weighted by molar-refractivity contribution is -0.0202. The van der Waals surface area contributed by atoms with Gasteiger partial charge in [0.05, 0.1) is 6.10 Å². The monoisotopic (exact) mass is 187 g/mol.